The Balaban J connectivity index is 1.18. The topological polar surface area (TPSA) is 85.7 Å². The van der Waals surface area contributed by atoms with Gasteiger partial charge in [-0.15, -0.1) is 0 Å². The maximum Gasteiger partial charge on any atom is 0.207 e. The molecule has 0 saturated heterocycles. The molecule has 2 aliphatic rings. The van der Waals surface area contributed by atoms with Crippen LogP contribution in [0.4, 0.5) is 0 Å². The van der Waals surface area contributed by atoms with Crippen LogP contribution in [0.5, 0.6) is 0 Å². The van der Waals surface area contributed by atoms with Crippen molar-refractivity contribution in [1.29, 1.82) is 0 Å². The highest BCUT2D eigenvalue weighted by Gasteiger charge is 2.52. The van der Waals surface area contributed by atoms with Crippen molar-refractivity contribution in [2.24, 2.45) is 0 Å². The highest BCUT2D eigenvalue weighted by molar-refractivity contribution is 7.92. The van der Waals surface area contributed by atoms with E-state index in [1.165, 1.54) is 0 Å². The summed E-state index contributed by atoms with van der Waals surface area (Å²) in [6.45, 7) is 0. The number of benzene rings is 7. The van der Waals surface area contributed by atoms with E-state index in [9.17, 15) is 0 Å². The number of hydrogen-bond acceptors (Lipinski definition) is 6. The molecule has 0 bridgehead atoms. The molecule has 7 heteroatoms. The van der Waals surface area contributed by atoms with E-state index in [1.807, 2.05) is 115 Å². The van der Waals surface area contributed by atoms with E-state index in [4.69, 9.17) is 15.0 Å². The Morgan fingerprint density at radius 2 is 1.06 bits per heavy atom. The van der Waals surface area contributed by atoms with Crippen LogP contribution in [0.3, 0.4) is 0 Å². The van der Waals surface area contributed by atoms with E-state index in [1.54, 1.807) is 18.5 Å². The molecule has 0 amide bonds. The summed E-state index contributed by atoms with van der Waals surface area (Å²) >= 11 is 0. The summed E-state index contributed by atoms with van der Waals surface area (Å²) in [6, 6.07) is 63.0. The lowest BCUT2D eigenvalue weighted by Crippen LogP contribution is -2.38. The SMILES string of the molecule is O=S1(=O)c2ccccc2C2(c3ccccc3-c3ccccc3-c3ccc(-c4cc(-c5ccc(-c6cccnc6)nc5)nc(-c5ccccc5)n4)cc32)c2ccc3ccccc3c21. The summed E-state index contributed by atoms with van der Waals surface area (Å²) in [7, 11) is -3.97. The first-order valence-electron chi connectivity index (χ1n) is 20.5. The van der Waals surface area contributed by atoms with Crippen molar-refractivity contribution in [3.63, 3.8) is 0 Å². The first kappa shape index (κ1) is 36.0. The molecule has 1 aliphatic heterocycles. The molecule has 1 unspecified atom stereocenters. The molecule has 12 rings (SSSR count). The lowest BCUT2D eigenvalue weighted by molar-refractivity contribution is 0.581. The third kappa shape index (κ3) is 5.31. The molecule has 0 N–H and O–H groups in total. The molecule has 1 spiro atoms. The molecule has 6 nitrogen and oxygen atoms in total. The molecule has 1 aliphatic carbocycles. The van der Waals surface area contributed by atoms with Gasteiger partial charge in [0.2, 0.25) is 9.84 Å². The van der Waals surface area contributed by atoms with Crippen LogP contribution < -0.4 is 0 Å². The minimum atomic E-state index is -3.97. The van der Waals surface area contributed by atoms with Crippen molar-refractivity contribution in [3.8, 4) is 67.4 Å². The minimum absolute atomic E-state index is 0.305. The van der Waals surface area contributed by atoms with Crippen molar-refractivity contribution < 1.29 is 8.42 Å². The number of rotatable bonds is 4. The number of sulfone groups is 1. The van der Waals surface area contributed by atoms with Gasteiger partial charge in [0.25, 0.3) is 0 Å². The van der Waals surface area contributed by atoms with Gasteiger partial charge in [-0.2, -0.15) is 0 Å². The van der Waals surface area contributed by atoms with Gasteiger partial charge in [-0.1, -0.05) is 146 Å². The Bertz CT molecular complexity index is 3540. The van der Waals surface area contributed by atoms with Crippen molar-refractivity contribution in [2.75, 3.05) is 0 Å². The average Bonchev–Trinajstić information content (AvgIpc) is 3.45. The number of aromatic nitrogens is 4. The van der Waals surface area contributed by atoms with Crippen LogP contribution in [0.15, 0.2) is 216 Å². The molecule has 1 atom stereocenters. The van der Waals surface area contributed by atoms with Crippen LogP contribution >= 0.6 is 0 Å². The van der Waals surface area contributed by atoms with Gasteiger partial charge in [-0.05, 0) is 92.4 Å². The Morgan fingerprint density at radius 3 is 1.84 bits per heavy atom. The molecule has 10 aromatic rings. The number of pyridine rings is 2. The lowest BCUT2D eigenvalue weighted by Gasteiger charge is -2.43. The fraction of sp³-hybridized carbons (Fsp3) is 0.0182. The second-order valence-electron chi connectivity index (χ2n) is 15.8. The third-order valence-electron chi connectivity index (χ3n) is 12.5. The fourth-order valence-corrected chi connectivity index (χ4v) is 11.7. The summed E-state index contributed by atoms with van der Waals surface area (Å²) < 4.78 is 30.3. The quantitative estimate of drug-likeness (QED) is 0.176. The smallest absolute Gasteiger partial charge is 0.207 e. The van der Waals surface area contributed by atoms with E-state index >= 15 is 8.42 Å². The standard InChI is InChI=1S/C55H34N4O2S/c60-62(61)52-23-11-10-22-46(52)55(47-28-25-35-13-4-5-17-40(35)53(47)62)45-21-9-8-20-43(45)41-18-6-7-19-42(41)44-27-24-37(31-48(44)55)50-32-51(59-54(58-50)36-14-2-1-3-15-36)39-26-29-49(57-34-39)38-16-12-30-56-33-38/h1-34H. The molecule has 7 aromatic carbocycles. The molecule has 292 valence electrons. The van der Waals surface area contributed by atoms with E-state index in [-0.39, 0.29) is 0 Å². The lowest BCUT2D eigenvalue weighted by atomic mass is 9.62. The van der Waals surface area contributed by atoms with Crippen molar-refractivity contribution in [3.05, 3.63) is 229 Å². The fourth-order valence-electron chi connectivity index (χ4n) is 9.76. The van der Waals surface area contributed by atoms with Crippen LogP contribution in [0.2, 0.25) is 0 Å². The van der Waals surface area contributed by atoms with Gasteiger partial charge in [-0.25, -0.2) is 18.4 Å². The molecular weight excluding hydrogens is 781 g/mol. The van der Waals surface area contributed by atoms with Crippen LogP contribution in [0.25, 0.3) is 78.2 Å². The molecule has 0 radical (unpaired) electrons. The highest BCUT2D eigenvalue weighted by Crippen LogP contribution is 2.60. The monoisotopic (exact) mass is 814 g/mol. The highest BCUT2D eigenvalue weighted by atomic mass is 32.2. The van der Waals surface area contributed by atoms with Crippen LogP contribution in [0.1, 0.15) is 22.3 Å². The largest absolute Gasteiger partial charge is 0.264 e. The molecule has 0 fully saturated rings. The van der Waals surface area contributed by atoms with E-state index in [2.05, 4.69) is 77.8 Å². The zero-order chi connectivity index (χ0) is 41.4. The Morgan fingerprint density at radius 1 is 0.419 bits per heavy atom. The number of nitrogens with zero attached hydrogens (tertiary/aromatic N) is 4. The van der Waals surface area contributed by atoms with E-state index in [0.717, 1.165) is 89.2 Å². The van der Waals surface area contributed by atoms with Gasteiger partial charge in [-0.3, -0.25) is 9.97 Å². The normalized spacial score (nSPS) is 15.4. The van der Waals surface area contributed by atoms with Crippen LogP contribution in [-0.2, 0) is 15.3 Å². The van der Waals surface area contributed by atoms with E-state index in [0.29, 0.717) is 21.0 Å². The average molecular weight is 815 g/mol. The third-order valence-corrected chi connectivity index (χ3v) is 14.4. The van der Waals surface area contributed by atoms with Gasteiger partial charge >= 0.3 is 0 Å². The molecule has 4 heterocycles. The molecule has 0 saturated carbocycles. The van der Waals surface area contributed by atoms with Crippen molar-refractivity contribution in [2.45, 2.75) is 15.2 Å². The van der Waals surface area contributed by atoms with Crippen molar-refractivity contribution in [1.82, 2.24) is 19.9 Å². The van der Waals surface area contributed by atoms with Gasteiger partial charge in [0.15, 0.2) is 5.82 Å². The zero-order valence-electron chi connectivity index (χ0n) is 33.1. The van der Waals surface area contributed by atoms with Crippen molar-refractivity contribution >= 4 is 20.6 Å². The van der Waals surface area contributed by atoms with Crippen LogP contribution in [-0.4, -0.2) is 28.4 Å². The van der Waals surface area contributed by atoms with Crippen LogP contribution in [0, 0.1) is 0 Å². The first-order valence-corrected chi connectivity index (χ1v) is 22.0. The Labute approximate surface area is 358 Å². The predicted molar refractivity (Wildman–Crippen MR) is 245 cm³/mol. The first-order chi connectivity index (χ1) is 30.5. The molecule has 62 heavy (non-hydrogen) atoms. The second-order valence-corrected chi connectivity index (χ2v) is 17.6. The summed E-state index contributed by atoms with van der Waals surface area (Å²) in [4.78, 5) is 20.1. The summed E-state index contributed by atoms with van der Waals surface area (Å²) in [5.41, 5.74) is 12.4. The maximum absolute atomic E-state index is 15.2. The zero-order valence-corrected chi connectivity index (χ0v) is 34.0. The van der Waals surface area contributed by atoms with Gasteiger partial charge in [0.1, 0.15) is 0 Å². The van der Waals surface area contributed by atoms with Gasteiger partial charge < -0.3 is 0 Å². The van der Waals surface area contributed by atoms with E-state index < -0.39 is 15.3 Å². The van der Waals surface area contributed by atoms with Gasteiger partial charge in [0, 0.05) is 46.2 Å². The maximum atomic E-state index is 15.2. The Hall–Kier alpha value is -7.87. The summed E-state index contributed by atoms with van der Waals surface area (Å²) in [6.07, 6.45) is 5.41. The molecular formula is C55H34N4O2S. The predicted octanol–water partition coefficient (Wildman–Crippen LogP) is 12.3. The van der Waals surface area contributed by atoms with Gasteiger partial charge in [0.05, 0.1) is 32.3 Å². The summed E-state index contributed by atoms with van der Waals surface area (Å²) in [5.74, 6) is 0.584. The summed E-state index contributed by atoms with van der Waals surface area (Å²) in [5, 5.41) is 1.57. The number of hydrogen-bond donors (Lipinski definition) is 0. The molecule has 3 aromatic heterocycles. The Kier molecular flexibility index (Phi) is 8.04. The number of fused-ring (bicyclic) bond motifs is 13. The minimum Gasteiger partial charge on any atom is -0.264 e. The second kappa shape index (κ2) is 13.8.